The number of rotatable bonds is 2. The second-order valence-corrected chi connectivity index (χ2v) is 7.04. The normalized spacial score (nSPS) is 22.8. The number of nitrogens with two attached hydrogens (primary N) is 1. The van der Waals surface area contributed by atoms with Crippen LogP contribution < -0.4 is 10.6 Å². The molecule has 0 spiro atoms. The quantitative estimate of drug-likeness (QED) is 0.360. The SMILES string of the molecule is CC1CS(=O)(=O)CCN1c1ccc(/C(N)=N/O)cc1F. The molecule has 0 bridgehead atoms. The van der Waals surface area contributed by atoms with Crippen LogP contribution in [-0.2, 0) is 9.84 Å². The third kappa shape index (κ3) is 2.84. The zero-order chi connectivity index (χ0) is 14.9. The molecule has 1 aromatic rings. The van der Waals surface area contributed by atoms with Gasteiger partial charge in [-0.2, -0.15) is 0 Å². The predicted molar refractivity (Wildman–Crippen MR) is 74.4 cm³/mol. The van der Waals surface area contributed by atoms with Crippen molar-refractivity contribution in [3.8, 4) is 0 Å². The first kappa shape index (κ1) is 14.6. The summed E-state index contributed by atoms with van der Waals surface area (Å²) in [5.74, 6) is -0.683. The lowest BCUT2D eigenvalue weighted by Gasteiger charge is -2.35. The second-order valence-electron chi connectivity index (χ2n) is 4.81. The van der Waals surface area contributed by atoms with Crippen LogP contribution in [0.15, 0.2) is 23.4 Å². The molecule has 1 aliphatic rings. The number of nitrogens with zero attached hydrogens (tertiary/aromatic N) is 2. The summed E-state index contributed by atoms with van der Waals surface area (Å²) >= 11 is 0. The van der Waals surface area contributed by atoms with Crippen LogP contribution in [0.1, 0.15) is 12.5 Å². The van der Waals surface area contributed by atoms with E-state index in [1.807, 2.05) is 0 Å². The van der Waals surface area contributed by atoms with E-state index >= 15 is 0 Å². The van der Waals surface area contributed by atoms with Crippen LogP contribution in [0.2, 0.25) is 0 Å². The first-order valence-corrected chi connectivity index (χ1v) is 7.90. The maximum absolute atomic E-state index is 14.1. The van der Waals surface area contributed by atoms with Gasteiger partial charge in [-0.05, 0) is 25.1 Å². The van der Waals surface area contributed by atoms with E-state index < -0.39 is 15.7 Å². The van der Waals surface area contributed by atoms with Gasteiger partial charge in [0, 0.05) is 18.2 Å². The zero-order valence-electron chi connectivity index (χ0n) is 11.0. The van der Waals surface area contributed by atoms with Crippen molar-refractivity contribution in [3.63, 3.8) is 0 Å². The molecular formula is C12H16FN3O3S. The highest BCUT2D eigenvalue weighted by Crippen LogP contribution is 2.25. The average molecular weight is 301 g/mol. The van der Waals surface area contributed by atoms with Gasteiger partial charge >= 0.3 is 0 Å². The largest absolute Gasteiger partial charge is 0.409 e. The van der Waals surface area contributed by atoms with Gasteiger partial charge in [-0.3, -0.25) is 0 Å². The molecule has 20 heavy (non-hydrogen) atoms. The Morgan fingerprint density at radius 2 is 2.25 bits per heavy atom. The molecule has 0 amide bonds. The third-order valence-electron chi connectivity index (χ3n) is 3.33. The molecule has 0 aromatic heterocycles. The molecule has 6 nitrogen and oxygen atoms in total. The Morgan fingerprint density at radius 1 is 1.55 bits per heavy atom. The summed E-state index contributed by atoms with van der Waals surface area (Å²) in [4.78, 5) is 1.71. The number of anilines is 1. The molecule has 3 N–H and O–H groups in total. The van der Waals surface area contributed by atoms with Gasteiger partial charge in [0.15, 0.2) is 15.7 Å². The summed E-state index contributed by atoms with van der Waals surface area (Å²) in [6.45, 7) is 2.00. The van der Waals surface area contributed by atoms with E-state index in [0.717, 1.165) is 0 Å². The van der Waals surface area contributed by atoms with Crippen molar-refractivity contribution >= 4 is 21.4 Å². The van der Waals surface area contributed by atoms with Crippen LogP contribution >= 0.6 is 0 Å². The number of oxime groups is 1. The Bertz CT molecular complexity index is 645. The minimum absolute atomic E-state index is 0.00836. The Labute approximate surface area is 116 Å². The maximum atomic E-state index is 14.1. The lowest BCUT2D eigenvalue weighted by Crippen LogP contribution is -2.47. The van der Waals surface area contributed by atoms with Gasteiger partial charge in [0.05, 0.1) is 17.2 Å². The third-order valence-corrected chi connectivity index (χ3v) is 5.13. The van der Waals surface area contributed by atoms with Crippen molar-refractivity contribution in [2.24, 2.45) is 10.9 Å². The van der Waals surface area contributed by atoms with Crippen molar-refractivity contribution < 1.29 is 18.0 Å². The molecule has 1 aromatic carbocycles. The molecule has 1 atom stereocenters. The minimum atomic E-state index is -3.05. The number of benzene rings is 1. The van der Waals surface area contributed by atoms with E-state index in [-0.39, 0.29) is 35.5 Å². The molecule has 1 aliphatic heterocycles. The van der Waals surface area contributed by atoms with Crippen LogP contribution in [0, 0.1) is 5.82 Å². The molecule has 0 aliphatic carbocycles. The number of halogens is 1. The Balaban J connectivity index is 2.30. The summed E-state index contributed by atoms with van der Waals surface area (Å²) < 4.78 is 37.2. The van der Waals surface area contributed by atoms with Crippen LogP contribution in [0.5, 0.6) is 0 Å². The van der Waals surface area contributed by atoms with Gasteiger partial charge in [-0.1, -0.05) is 5.16 Å². The summed E-state index contributed by atoms with van der Waals surface area (Å²) in [5, 5.41) is 11.4. The molecule has 1 unspecified atom stereocenters. The fourth-order valence-electron chi connectivity index (χ4n) is 2.31. The van der Waals surface area contributed by atoms with Gasteiger partial charge < -0.3 is 15.8 Å². The summed E-state index contributed by atoms with van der Waals surface area (Å²) in [6, 6.07) is 3.92. The standard InChI is InChI=1S/C12H16FN3O3S/c1-8-7-20(18,19)5-4-16(8)11-3-2-9(6-10(11)13)12(14)15-17/h2-3,6,8,17H,4-5,7H2,1H3,(H2,14,15). The van der Waals surface area contributed by atoms with Crippen molar-refractivity contribution in [1.29, 1.82) is 0 Å². The molecule has 1 heterocycles. The molecule has 0 saturated carbocycles. The molecule has 1 fully saturated rings. The highest BCUT2D eigenvalue weighted by molar-refractivity contribution is 7.91. The summed E-state index contributed by atoms with van der Waals surface area (Å²) in [6.07, 6.45) is 0. The van der Waals surface area contributed by atoms with E-state index in [1.54, 1.807) is 11.8 Å². The second kappa shape index (κ2) is 5.28. The molecule has 110 valence electrons. The monoisotopic (exact) mass is 301 g/mol. The van der Waals surface area contributed by atoms with Gasteiger partial charge in [-0.15, -0.1) is 0 Å². The van der Waals surface area contributed by atoms with E-state index in [1.165, 1.54) is 18.2 Å². The highest BCUT2D eigenvalue weighted by Gasteiger charge is 2.29. The molecule has 1 saturated heterocycles. The Hall–Kier alpha value is -1.83. The predicted octanol–water partition coefficient (Wildman–Crippen LogP) is 0.543. The van der Waals surface area contributed by atoms with E-state index in [2.05, 4.69) is 5.16 Å². The van der Waals surface area contributed by atoms with Crippen LogP contribution in [0.3, 0.4) is 0 Å². The molecule has 8 heteroatoms. The topological polar surface area (TPSA) is 96.0 Å². The average Bonchev–Trinajstić information content (AvgIpc) is 2.38. The van der Waals surface area contributed by atoms with Crippen molar-refractivity contribution in [1.82, 2.24) is 0 Å². The van der Waals surface area contributed by atoms with E-state index in [0.29, 0.717) is 5.69 Å². The number of sulfone groups is 1. The van der Waals surface area contributed by atoms with Crippen LogP contribution in [0.25, 0.3) is 0 Å². The minimum Gasteiger partial charge on any atom is -0.409 e. The first-order chi connectivity index (χ1) is 9.34. The lowest BCUT2D eigenvalue weighted by atomic mass is 10.1. The fraction of sp³-hybridized carbons (Fsp3) is 0.417. The van der Waals surface area contributed by atoms with Gasteiger partial charge in [0.1, 0.15) is 5.82 Å². The van der Waals surface area contributed by atoms with Crippen LogP contribution in [-0.4, -0.2) is 43.6 Å². The van der Waals surface area contributed by atoms with Crippen molar-refractivity contribution in [2.75, 3.05) is 23.0 Å². The van der Waals surface area contributed by atoms with Gasteiger partial charge in [0.2, 0.25) is 0 Å². The van der Waals surface area contributed by atoms with Crippen molar-refractivity contribution in [2.45, 2.75) is 13.0 Å². The molecular weight excluding hydrogens is 285 g/mol. The summed E-state index contributed by atoms with van der Waals surface area (Å²) in [7, 11) is -3.05. The Morgan fingerprint density at radius 3 is 2.80 bits per heavy atom. The summed E-state index contributed by atoms with van der Waals surface area (Å²) in [5.41, 5.74) is 5.99. The van der Waals surface area contributed by atoms with Crippen molar-refractivity contribution in [3.05, 3.63) is 29.6 Å². The molecule has 2 rings (SSSR count). The smallest absolute Gasteiger partial charge is 0.170 e. The maximum Gasteiger partial charge on any atom is 0.170 e. The van der Waals surface area contributed by atoms with E-state index in [4.69, 9.17) is 10.9 Å². The molecule has 0 radical (unpaired) electrons. The number of hydrogen-bond acceptors (Lipinski definition) is 5. The first-order valence-electron chi connectivity index (χ1n) is 6.08. The fourth-order valence-corrected chi connectivity index (χ4v) is 3.87. The van der Waals surface area contributed by atoms with Crippen LogP contribution in [0.4, 0.5) is 10.1 Å². The highest BCUT2D eigenvalue weighted by atomic mass is 32.2. The number of hydrogen-bond donors (Lipinski definition) is 2. The van der Waals surface area contributed by atoms with Gasteiger partial charge in [0.25, 0.3) is 0 Å². The lowest BCUT2D eigenvalue weighted by molar-refractivity contribution is 0.318. The number of amidine groups is 1. The van der Waals surface area contributed by atoms with Gasteiger partial charge in [-0.25, -0.2) is 12.8 Å². The Kier molecular flexibility index (Phi) is 3.85. The zero-order valence-corrected chi connectivity index (χ0v) is 11.8. The van der Waals surface area contributed by atoms with E-state index in [9.17, 15) is 12.8 Å².